The third-order valence-electron chi connectivity index (χ3n) is 5.19. The molecule has 0 amide bonds. The van der Waals surface area contributed by atoms with Crippen molar-refractivity contribution in [2.45, 2.75) is 44.6 Å². The maximum atomic E-state index is 6.38. The van der Waals surface area contributed by atoms with E-state index in [0.29, 0.717) is 19.8 Å². The molecule has 3 rings (SSSR count). The van der Waals surface area contributed by atoms with E-state index in [4.69, 9.17) is 18.9 Å². The lowest BCUT2D eigenvalue weighted by Crippen LogP contribution is -2.56. The second kappa shape index (κ2) is 10.5. The number of ether oxygens (including phenoxy) is 4. The van der Waals surface area contributed by atoms with Gasteiger partial charge in [0.15, 0.2) is 0 Å². The number of benzene rings is 2. The lowest BCUT2D eigenvalue weighted by molar-refractivity contribution is -0.230. The van der Waals surface area contributed by atoms with E-state index in [0.717, 1.165) is 11.1 Å². The Morgan fingerprint density at radius 1 is 0.893 bits per heavy atom. The fraction of sp³-hybridized carbons (Fsp3) is 0.417. The van der Waals surface area contributed by atoms with E-state index in [-0.39, 0.29) is 30.3 Å². The molecule has 0 aromatic heterocycles. The molecule has 0 spiro atoms. The number of hydrogen-bond acceptors (Lipinski definition) is 4. The van der Waals surface area contributed by atoms with Crippen LogP contribution in [0.25, 0.3) is 0 Å². The Bertz CT molecular complexity index is 703. The van der Waals surface area contributed by atoms with Crippen molar-refractivity contribution in [1.82, 2.24) is 0 Å². The highest BCUT2D eigenvalue weighted by Gasteiger charge is 2.44. The van der Waals surface area contributed by atoms with Gasteiger partial charge in [0.05, 0.1) is 32.0 Å². The van der Waals surface area contributed by atoms with Crippen molar-refractivity contribution in [1.29, 1.82) is 0 Å². The summed E-state index contributed by atoms with van der Waals surface area (Å²) in [5.74, 6) is 0.120. The van der Waals surface area contributed by atoms with Crippen LogP contribution < -0.4 is 0 Å². The molecule has 5 atom stereocenters. The van der Waals surface area contributed by atoms with Crippen LogP contribution in [0.15, 0.2) is 73.3 Å². The summed E-state index contributed by atoms with van der Waals surface area (Å²) >= 11 is 0. The minimum absolute atomic E-state index is 0.0995. The summed E-state index contributed by atoms with van der Waals surface area (Å²) in [6.45, 7) is 7.55. The Labute approximate surface area is 168 Å². The molecule has 1 aliphatic heterocycles. The van der Waals surface area contributed by atoms with Gasteiger partial charge in [-0.3, -0.25) is 0 Å². The first-order chi connectivity index (χ1) is 13.7. The SMILES string of the molecule is C=CC1OC(COC)C(OCc2ccccc2)C(OCc2ccccc2)C1C. The molecular formula is C24H30O4. The monoisotopic (exact) mass is 382 g/mol. The zero-order chi connectivity index (χ0) is 19.8. The van der Waals surface area contributed by atoms with E-state index in [9.17, 15) is 0 Å². The summed E-state index contributed by atoms with van der Waals surface area (Å²) in [5, 5.41) is 0. The van der Waals surface area contributed by atoms with E-state index in [2.05, 4.69) is 37.8 Å². The van der Waals surface area contributed by atoms with Crippen LogP contribution in [0.1, 0.15) is 18.1 Å². The van der Waals surface area contributed by atoms with E-state index in [1.165, 1.54) is 0 Å². The molecule has 4 nitrogen and oxygen atoms in total. The standard InChI is InChI=1S/C24H30O4/c1-4-21-18(2)23(26-15-19-11-7-5-8-12-19)24(22(28-21)17-25-3)27-16-20-13-9-6-10-14-20/h4-14,18,21-24H,1,15-17H2,2-3H3. The molecule has 1 aliphatic rings. The Hall–Kier alpha value is -1.98. The first-order valence-electron chi connectivity index (χ1n) is 9.81. The number of methoxy groups -OCH3 is 1. The van der Waals surface area contributed by atoms with Crippen LogP contribution in [-0.2, 0) is 32.2 Å². The van der Waals surface area contributed by atoms with Crippen LogP contribution in [0, 0.1) is 5.92 Å². The summed E-state index contributed by atoms with van der Waals surface area (Å²) < 4.78 is 24.3. The third-order valence-corrected chi connectivity index (χ3v) is 5.19. The van der Waals surface area contributed by atoms with Gasteiger partial charge in [-0.05, 0) is 11.1 Å². The Balaban J connectivity index is 1.76. The number of rotatable bonds is 9. The van der Waals surface area contributed by atoms with Gasteiger partial charge >= 0.3 is 0 Å². The van der Waals surface area contributed by atoms with E-state index >= 15 is 0 Å². The van der Waals surface area contributed by atoms with Crippen LogP contribution >= 0.6 is 0 Å². The maximum Gasteiger partial charge on any atom is 0.113 e. The van der Waals surface area contributed by atoms with E-state index in [1.807, 2.05) is 42.5 Å². The lowest BCUT2D eigenvalue weighted by Gasteiger charge is -2.44. The van der Waals surface area contributed by atoms with Crippen LogP contribution in [0.2, 0.25) is 0 Å². The topological polar surface area (TPSA) is 36.9 Å². The van der Waals surface area contributed by atoms with Gasteiger partial charge in [0.25, 0.3) is 0 Å². The largest absolute Gasteiger partial charge is 0.382 e. The van der Waals surface area contributed by atoms with Gasteiger partial charge in [-0.1, -0.05) is 73.7 Å². The zero-order valence-electron chi connectivity index (χ0n) is 16.7. The molecule has 1 heterocycles. The normalized spacial score (nSPS) is 27.4. The fourth-order valence-electron chi connectivity index (χ4n) is 3.65. The Morgan fingerprint density at radius 2 is 1.43 bits per heavy atom. The summed E-state index contributed by atoms with van der Waals surface area (Å²) in [5.41, 5.74) is 2.26. The fourth-order valence-corrected chi connectivity index (χ4v) is 3.65. The van der Waals surface area contributed by atoms with Gasteiger partial charge in [0.1, 0.15) is 12.2 Å². The maximum absolute atomic E-state index is 6.38. The molecule has 28 heavy (non-hydrogen) atoms. The molecule has 5 unspecified atom stereocenters. The summed E-state index contributed by atoms with van der Waals surface area (Å²) in [6, 6.07) is 20.4. The minimum atomic E-state index is -0.227. The van der Waals surface area contributed by atoms with Crippen molar-refractivity contribution in [3.63, 3.8) is 0 Å². The average molecular weight is 383 g/mol. The van der Waals surface area contributed by atoms with Crippen LogP contribution in [0.4, 0.5) is 0 Å². The van der Waals surface area contributed by atoms with Crippen molar-refractivity contribution < 1.29 is 18.9 Å². The number of hydrogen-bond donors (Lipinski definition) is 0. The Morgan fingerprint density at radius 3 is 1.93 bits per heavy atom. The smallest absolute Gasteiger partial charge is 0.113 e. The van der Waals surface area contributed by atoms with Crippen molar-refractivity contribution >= 4 is 0 Å². The van der Waals surface area contributed by atoms with Crippen LogP contribution in [-0.4, -0.2) is 38.1 Å². The molecule has 0 N–H and O–H groups in total. The summed E-state index contributed by atoms with van der Waals surface area (Å²) in [7, 11) is 1.68. The predicted octanol–water partition coefficient (Wildman–Crippen LogP) is 4.39. The van der Waals surface area contributed by atoms with Gasteiger partial charge in [-0.15, -0.1) is 6.58 Å². The zero-order valence-corrected chi connectivity index (χ0v) is 16.7. The molecule has 1 fully saturated rings. The molecular weight excluding hydrogens is 352 g/mol. The highest BCUT2D eigenvalue weighted by atomic mass is 16.6. The molecule has 150 valence electrons. The predicted molar refractivity (Wildman–Crippen MR) is 110 cm³/mol. The molecule has 2 aromatic carbocycles. The van der Waals surface area contributed by atoms with E-state index < -0.39 is 0 Å². The second-order valence-electron chi connectivity index (χ2n) is 7.21. The van der Waals surface area contributed by atoms with Gasteiger partial charge < -0.3 is 18.9 Å². The lowest BCUT2D eigenvalue weighted by atomic mass is 9.87. The first-order valence-corrected chi connectivity index (χ1v) is 9.81. The van der Waals surface area contributed by atoms with Crippen LogP contribution in [0.3, 0.4) is 0 Å². The summed E-state index contributed by atoms with van der Waals surface area (Å²) in [6.07, 6.45) is 1.18. The molecule has 4 heteroatoms. The molecule has 2 aromatic rings. The van der Waals surface area contributed by atoms with Crippen molar-refractivity contribution in [3.05, 3.63) is 84.4 Å². The molecule has 0 aliphatic carbocycles. The van der Waals surface area contributed by atoms with Crippen molar-refractivity contribution in [2.75, 3.05) is 13.7 Å². The quantitative estimate of drug-likeness (QED) is 0.603. The highest BCUT2D eigenvalue weighted by Crippen LogP contribution is 2.32. The second-order valence-corrected chi connectivity index (χ2v) is 7.21. The molecule has 1 saturated heterocycles. The molecule has 0 saturated carbocycles. The molecule has 0 bridgehead atoms. The molecule has 0 radical (unpaired) electrons. The van der Waals surface area contributed by atoms with Crippen molar-refractivity contribution in [3.8, 4) is 0 Å². The van der Waals surface area contributed by atoms with Crippen LogP contribution in [0.5, 0.6) is 0 Å². The average Bonchev–Trinajstić information content (AvgIpc) is 2.74. The van der Waals surface area contributed by atoms with Gasteiger partial charge in [0.2, 0.25) is 0 Å². The minimum Gasteiger partial charge on any atom is -0.382 e. The highest BCUT2D eigenvalue weighted by molar-refractivity contribution is 5.14. The summed E-state index contributed by atoms with van der Waals surface area (Å²) in [4.78, 5) is 0. The Kier molecular flexibility index (Phi) is 7.80. The van der Waals surface area contributed by atoms with Gasteiger partial charge in [0, 0.05) is 13.0 Å². The third kappa shape index (κ3) is 5.30. The van der Waals surface area contributed by atoms with E-state index in [1.54, 1.807) is 7.11 Å². The first kappa shape index (κ1) is 20.7. The van der Waals surface area contributed by atoms with Gasteiger partial charge in [-0.2, -0.15) is 0 Å². The van der Waals surface area contributed by atoms with Gasteiger partial charge in [-0.25, -0.2) is 0 Å². The van der Waals surface area contributed by atoms with Crippen molar-refractivity contribution in [2.24, 2.45) is 5.92 Å².